The van der Waals surface area contributed by atoms with Gasteiger partial charge in [-0.15, -0.1) is 0 Å². The third-order valence-electron chi connectivity index (χ3n) is 2.29. The molecule has 2 aromatic rings. The third-order valence-corrected chi connectivity index (χ3v) is 3.47. The zero-order valence-electron chi connectivity index (χ0n) is 9.07. The molecule has 0 saturated heterocycles. The van der Waals surface area contributed by atoms with Crippen LogP contribution in [0.3, 0.4) is 0 Å². The Morgan fingerprint density at radius 2 is 2.22 bits per heavy atom. The first-order valence-electron chi connectivity index (χ1n) is 4.84. The first-order chi connectivity index (χ1) is 8.43. The Kier molecular flexibility index (Phi) is 3.30. The number of primary sulfonamides is 1. The van der Waals surface area contributed by atoms with E-state index in [0.717, 1.165) is 0 Å². The molecule has 0 aliphatic carbocycles. The van der Waals surface area contributed by atoms with Gasteiger partial charge in [-0.2, -0.15) is 5.10 Å². The van der Waals surface area contributed by atoms with Crippen molar-refractivity contribution >= 4 is 22.2 Å². The van der Waals surface area contributed by atoms with Gasteiger partial charge in [-0.1, -0.05) is 6.07 Å². The van der Waals surface area contributed by atoms with Crippen LogP contribution in [0.1, 0.15) is 5.82 Å². The molecule has 0 fully saturated rings. The van der Waals surface area contributed by atoms with Crippen molar-refractivity contribution in [2.75, 3.05) is 0 Å². The fraction of sp³-hybridized carbons (Fsp3) is 0.111. The van der Waals surface area contributed by atoms with E-state index in [4.69, 9.17) is 22.5 Å². The number of nitrogens with zero attached hydrogens (tertiary/aromatic N) is 2. The van der Waals surface area contributed by atoms with Crippen LogP contribution in [-0.4, -0.2) is 28.3 Å². The second kappa shape index (κ2) is 4.61. The fourth-order valence-electron chi connectivity index (χ4n) is 1.50. The van der Waals surface area contributed by atoms with Crippen molar-refractivity contribution in [1.82, 2.24) is 14.8 Å². The first-order valence-corrected chi connectivity index (χ1v) is 6.79. The number of aromatic amines is 1. The number of nitrogens with one attached hydrogen (secondary N) is 1. The highest BCUT2D eigenvalue weighted by molar-refractivity contribution is 7.89. The van der Waals surface area contributed by atoms with E-state index in [-0.39, 0.29) is 22.1 Å². The summed E-state index contributed by atoms with van der Waals surface area (Å²) in [6.07, 6.45) is 0. The molecule has 0 aliphatic rings. The zero-order chi connectivity index (χ0) is 13.3. The van der Waals surface area contributed by atoms with Crippen molar-refractivity contribution in [1.29, 1.82) is 0 Å². The molecule has 0 radical (unpaired) electrons. The van der Waals surface area contributed by atoms with Crippen molar-refractivity contribution < 1.29 is 13.5 Å². The molecular formula is C9H10N4O3S2. The Bertz CT molecular complexity index is 732. The number of nitrogens with two attached hydrogens (primary N) is 1. The van der Waals surface area contributed by atoms with E-state index in [9.17, 15) is 8.42 Å². The minimum atomic E-state index is -3.79. The van der Waals surface area contributed by atoms with Gasteiger partial charge in [0.05, 0.1) is 10.6 Å². The molecule has 0 atom stereocenters. The summed E-state index contributed by atoms with van der Waals surface area (Å²) in [5.41, 5.74) is 0.462. The Hall–Kier alpha value is -1.55. The molecule has 0 aliphatic heterocycles. The van der Waals surface area contributed by atoms with Crippen LogP contribution in [0.2, 0.25) is 0 Å². The lowest BCUT2D eigenvalue weighted by Crippen LogP contribution is -2.12. The fourth-order valence-corrected chi connectivity index (χ4v) is 2.31. The largest absolute Gasteiger partial charge is 0.388 e. The van der Waals surface area contributed by atoms with Gasteiger partial charge in [0.15, 0.2) is 10.6 Å². The van der Waals surface area contributed by atoms with Gasteiger partial charge in [-0.25, -0.2) is 13.6 Å². The molecule has 1 aromatic heterocycles. The third kappa shape index (κ3) is 2.34. The number of hydrogen-bond acceptors (Lipinski definition) is 5. The van der Waals surface area contributed by atoms with Crippen LogP contribution in [-0.2, 0) is 16.6 Å². The van der Waals surface area contributed by atoms with Gasteiger partial charge in [0.2, 0.25) is 10.0 Å². The van der Waals surface area contributed by atoms with Gasteiger partial charge in [0.25, 0.3) is 0 Å². The maximum atomic E-state index is 11.3. The monoisotopic (exact) mass is 286 g/mol. The molecule has 1 heterocycles. The second-order valence-electron chi connectivity index (χ2n) is 3.48. The topological polar surface area (TPSA) is 114 Å². The summed E-state index contributed by atoms with van der Waals surface area (Å²) in [6, 6.07) is 5.91. The lowest BCUT2D eigenvalue weighted by molar-refractivity contribution is 0.269. The van der Waals surface area contributed by atoms with E-state index in [1.165, 1.54) is 22.8 Å². The summed E-state index contributed by atoms with van der Waals surface area (Å²) in [5.74, 6) is 0.284. The van der Waals surface area contributed by atoms with Crippen LogP contribution in [0.25, 0.3) is 5.69 Å². The smallest absolute Gasteiger partial charge is 0.238 e. The SMILES string of the molecule is NS(=O)(=O)c1cccc(-n2c(CO)n[nH]c2=S)c1. The summed E-state index contributed by atoms with van der Waals surface area (Å²) in [6.45, 7) is -0.327. The van der Waals surface area contributed by atoms with Gasteiger partial charge in [0, 0.05) is 0 Å². The standard InChI is InChI=1S/C9H10N4O3S2/c10-18(15,16)7-3-1-2-6(4-7)13-8(5-14)11-12-9(13)17/h1-4,14H,5H2,(H,12,17)(H2,10,15,16). The molecule has 0 saturated carbocycles. The van der Waals surface area contributed by atoms with Crippen molar-refractivity contribution in [2.45, 2.75) is 11.5 Å². The van der Waals surface area contributed by atoms with Crippen molar-refractivity contribution in [3.63, 3.8) is 0 Å². The molecule has 0 unspecified atom stereocenters. The van der Waals surface area contributed by atoms with Crippen molar-refractivity contribution in [3.8, 4) is 5.69 Å². The number of rotatable bonds is 3. The maximum absolute atomic E-state index is 11.3. The first kappa shape index (κ1) is 12.9. The number of benzene rings is 1. The molecule has 4 N–H and O–H groups in total. The minimum Gasteiger partial charge on any atom is -0.388 e. The molecule has 96 valence electrons. The Morgan fingerprint density at radius 1 is 1.50 bits per heavy atom. The summed E-state index contributed by atoms with van der Waals surface area (Å²) < 4.78 is 24.2. The summed E-state index contributed by atoms with van der Waals surface area (Å²) in [7, 11) is -3.79. The Morgan fingerprint density at radius 3 is 2.83 bits per heavy atom. The van der Waals surface area contributed by atoms with Crippen LogP contribution >= 0.6 is 12.2 Å². The Balaban J connectivity index is 2.65. The van der Waals surface area contributed by atoms with Crippen molar-refractivity contribution in [2.24, 2.45) is 5.14 Å². The number of aliphatic hydroxyl groups excluding tert-OH is 1. The lowest BCUT2D eigenvalue weighted by Gasteiger charge is -2.06. The molecule has 0 spiro atoms. The van der Waals surface area contributed by atoms with Gasteiger partial charge in [-0.3, -0.25) is 9.67 Å². The molecular weight excluding hydrogens is 276 g/mol. The van der Waals surface area contributed by atoms with Gasteiger partial charge in [-0.05, 0) is 30.4 Å². The molecule has 0 amide bonds. The van der Waals surface area contributed by atoms with Crippen LogP contribution < -0.4 is 5.14 Å². The van der Waals surface area contributed by atoms with Gasteiger partial charge < -0.3 is 5.11 Å². The predicted octanol–water partition coefficient (Wildman–Crippen LogP) is 0.0696. The van der Waals surface area contributed by atoms with E-state index >= 15 is 0 Å². The van der Waals surface area contributed by atoms with Crippen LogP contribution in [0.15, 0.2) is 29.2 Å². The number of sulfonamides is 1. The minimum absolute atomic E-state index is 0.0352. The quantitative estimate of drug-likeness (QED) is 0.691. The van der Waals surface area contributed by atoms with Gasteiger partial charge in [0.1, 0.15) is 6.61 Å². The summed E-state index contributed by atoms with van der Waals surface area (Å²) >= 11 is 5.01. The molecule has 1 aromatic carbocycles. The van der Waals surface area contributed by atoms with E-state index in [1.54, 1.807) is 6.07 Å². The molecule has 18 heavy (non-hydrogen) atoms. The highest BCUT2D eigenvalue weighted by atomic mass is 32.2. The molecule has 9 heteroatoms. The second-order valence-corrected chi connectivity index (χ2v) is 5.43. The van der Waals surface area contributed by atoms with Crippen LogP contribution in [0, 0.1) is 4.77 Å². The van der Waals surface area contributed by atoms with Crippen molar-refractivity contribution in [3.05, 3.63) is 34.9 Å². The summed E-state index contributed by atoms with van der Waals surface area (Å²) in [4.78, 5) is -0.0352. The van der Waals surface area contributed by atoms with E-state index in [0.29, 0.717) is 5.69 Å². The summed E-state index contributed by atoms with van der Waals surface area (Å²) in [5, 5.41) is 20.5. The maximum Gasteiger partial charge on any atom is 0.238 e. The number of aromatic nitrogens is 3. The number of hydrogen-bond donors (Lipinski definition) is 3. The average Bonchev–Trinajstić information content (AvgIpc) is 2.69. The normalized spacial score (nSPS) is 11.7. The van der Waals surface area contributed by atoms with E-state index in [2.05, 4.69) is 10.2 Å². The molecule has 7 nitrogen and oxygen atoms in total. The highest BCUT2D eigenvalue weighted by Crippen LogP contribution is 2.15. The lowest BCUT2D eigenvalue weighted by atomic mass is 10.3. The molecule has 2 rings (SSSR count). The zero-order valence-corrected chi connectivity index (χ0v) is 10.7. The van der Waals surface area contributed by atoms with Crippen LogP contribution in [0.4, 0.5) is 0 Å². The highest BCUT2D eigenvalue weighted by Gasteiger charge is 2.11. The van der Waals surface area contributed by atoms with Crippen LogP contribution in [0.5, 0.6) is 0 Å². The van der Waals surface area contributed by atoms with E-state index < -0.39 is 10.0 Å². The predicted molar refractivity (Wildman–Crippen MR) is 66.0 cm³/mol. The number of H-pyrrole nitrogens is 1. The van der Waals surface area contributed by atoms with E-state index in [1.807, 2.05) is 0 Å². The average molecular weight is 286 g/mol. The number of aliphatic hydroxyl groups is 1. The Labute approximate surface area is 108 Å². The van der Waals surface area contributed by atoms with Gasteiger partial charge >= 0.3 is 0 Å². The molecule has 0 bridgehead atoms.